The Bertz CT molecular complexity index is 882. The molecule has 164 valence electrons. The minimum Gasteiger partial charge on any atom is -0.497 e. The van der Waals surface area contributed by atoms with Crippen LogP contribution in [0.1, 0.15) is 59.5 Å². The number of benzene rings is 1. The minimum absolute atomic E-state index is 0. The molecular weight excluding hydrogens is 406 g/mol. The number of rotatable bonds is 5. The van der Waals surface area contributed by atoms with E-state index in [0.717, 1.165) is 61.5 Å². The number of likely N-dealkylation sites (tertiary alicyclic amines) is 1. The summed E-state index contributed by atoms with van der Waals surface area (Å²) in [7, 11) is 3.28. The maximum atomic E-state index is 13.4. The molecule has 1 aromatic heterocycles. The van der Waals surface area contributed by atoms with E-state index < -0.39 is 0 Å². The summed E-state index contributed by atoms with van der Waals surface area (Å²) in [5.41, 5.74) is 2.32. The molecule has 1 unspecified atom stereocenters. The molecule has 1 atom stereocenters. The van der Waals surface area contributed by atoms with Crippen molar-refractivity contribution >= 4 is 18.3 Å². The fourth-order valence-corrected chi connectivity index (χ4v) is 4.50. The number of aromatic nitrogens is 3. The van der Waals surface area contributed by atoms with Crippen LogP contribution in [0.25, 0.3) is 0 Å². The van der Waals surface area contributed by atoms with Gasteiger partial charge >= 0.3 is 0 Å². The van der Waals surface area contributed by atoms with Gasteiger partial charge in [0, 0.05) is 18.2 Å². The molecule has 4 rings (SSSR count). The Balaban J connectivity index is 0.00000256. The molecule has 2 aliphatic rings. The van der Waals surface area contributed by atoms with Gasteiger partial charge in [-0.1, -0.05) is 5.21 Å². The second-order valence-corrected chi connectivity index (χ2v) is 7.71. The lowest BCUT2D eigenvalue weighted by atomic mass is 10.0. The molecule has 0 bridgehead atoms. The van der Waals surface area contributed by atoms with Gasteiger partial charge in [-0.05, 0) is 57.8 Å². The zero-order chi connectivity index (χ0) is 20.4. The van der Waals surface area contributed by atoms with E-state index in [1.807, 2.05) is 34.7 Å². The predicted octanol–water partition coefficient (Wildman–Crippen LogP) is 2.93. The quantitative estimate of drug-likeness (QED) is 0.777. The number of methoxy groups -OCH3 is 2. The second-order valence-electron chi connectivity index (χ2n) is 7.71. The molecule has 1 N–H and O–H groups in total. The first-order chi connectivity index (χ1) is 14.1. The maximum Gasteiger partial charge on any atom is 0.276 e. The first-order valence-electron chi connectivity index (χ1n) is 10.3. The van der Waals surface area contributed by atoms with Gasteiger partial charge < -0.3 is 19.7 Å². The van der Waals surface area contributed by atoms with Crippen molar-refractivity contribution in [2.75, 3.05) is 33.9 Å². The van der Waals surface area contributed by atoms with Crippen LogP contribution in [-0.4, -0.2) is 59.7 Å². The number of carbonyl (C=O) groups is 1. The van der Waals surface area contributed by atoms with Crippen LogP contribution in [0.15, 0.2) is 18.2 Å². The van der Waals surface area contributed by atoms with Gasteiger partial charge in [-0.15, -0.1) is 17.5 Å². The van der Waals surface area contributed by atoms with Gasteiger partial charge in [0.15, 0.2) is 5.69 Å². The summed E-state index contributed by atoms with van der Waals surface area (Å²) in [5.74, 6) is 1.43. The fourth-order valence-electron chi connectivity index (χ4n) is 4.50. The molecule has 2 saturated heterocycles. The van der Waals surface area contributed by atoms with Crippen LogP contribution in [0, 0.1) is 6.92 Å². The topological polar surface area (TPSA) is 81.5 Å². The van der Waals surface area contributed by atoms with Gasteiger partial charge in [0.05, 0.1) is 32.0 Å². The molecule has 0 saturated carbocycles. The van der Waals surface area contributed by atoms with Crippen LogP contribution < -0.4 is 14.8 Å². The van der Waals surface area contributed by atoms with Crippen molar-refractivity contribution in [1.29, 1.82) is 0 Å². The smallest absolute Gasteiger partial charge is 0.276 e. The highest BCUT2D eigenvalue weighted by molar-refractivity contribution is 5.93. The number of halogens is 1. The number of ether oxygens (including phenoxy) is 2. The monoisotopic (exact) mass is 435 g/mol. The van der Waals surface area contributed by atoms with Crippen LogP contribution in [0.3, 0.4) is 0 Å². The lowest BCUT2D eigenvalue weighted by Crippen LogP contribution is -2.32. The first-order valence-corrected chi connectivity index (χ1v) is 10.3. The van der Waals surface area contributed by atoms with Gasteiger partial charge in [-0.2, -0.15) is 0 Å². The number of amides is 1. The Kier molecular flexibility index (Phi) is 7.20. The van der Waals surface area contributed by atoms with Crippen molar-refractivity contribution in [2.24, 2.45) is 0 Å². The fraction of sp³-hybridized carbons (Fsp3) is 0.571. The Morgan fingerprint density at radius 3 is 2.63 bits per heavy atom. The molecule has 0 aliphatic carbocycles. The van der Waals surface area contributed by atoms with Crippen molar-refractivity contribution in [1.82, 2.24) is 25.2 Å². The number of piperidine rings is 1. The van der Waals surface area contributed by atoms with E-state index in [0.29, 0.717) is 18.3 Å². The number of nitrogens with zero attached hydrogens (tertiary/aromatic N) is 4. The number of nitrogens with one attached hydrogen (secondary N) is 1. The van der Waals surface area contributed by atoms with Crippen LogP contribution in [0.5, 0.6) is 11.5 Å². The van der Waals surface area contributed by atoms with E-state index in [1.54, 1.807) is 14.2 Å². The molecule has 2 fully saturated rings. The highest BCUT2D eigenvalue weighted by Crippen LogP contribution is 2.39. The maximum absolute atomic E-state index is 13.4. The standard InChI is InChI=1S/C21H29N5O3.ClH/c1-14-20(23-24-26(14)15-8-10-22-11-9-15)21(27)25-12-4-5-18(25)17-7-6-16(28-2)13-19(17)29-3;/h6-7,13,15,18,22H,4-5,8-12H2,1-3H3;1H. The van der Waals surface area contributed by atoms with E-state index in [2.05, 4.69) is 15.6 Å². The molecule has 0 spiro atoms. The van der Waals surface area contributed by atoms with E-state index in [-0.39, 0.29) is 24.4 Å². The Labute approximate surface area is 183 Å². The van der Waals surface area contributed by atoms with Crippen molar-refractivity contribution in [3.05, 3.63) is 35.2 Å². The molecule has 8 nitrogen and oxygen atoms in total. The van der Waals surface area contributed by atoms with Crippen molar-refractivity contribution in [2.45, 2.75) is 44.7 Å². The molecular formula is C21H30ClN5O3. The second kappa shape index (κ2) is 9.66. The van der Waals surface area contributed by atoms with Crippen molar-refractivity contribution in [3.63, 3.8) is 0 Å². The summed E-state index contributed by atoms with van der Waals surface area (Å²) in [4.78, 5) is 15.3. The Morgan fingerprint density at radius 1 is 1.17 bits per heavy atom. The van der Waals surface area contributed by atoms with Crippen LogP contribution in [0.4, 0.5) is 0 Å². The number of carbonyl (C=O) groups excluding carboxylic acids is 1. The normalized spacial score (nSPS) is 19.4. The highest BCUT2D eigenvalue weighted by atomic mass is 35.5. The van der Waals surface area contributed by atoms with Gasteiger partial charge in [0.25, 0.3) is 5.91 Å². The van der Waals surface area contributed by atoms with Crippen molar-refractivity contribution in [3.8, 4) is 11.5 Å². The third-order valence-corrected chi connectivity index (χ3v) is 6.10. The number of hydrogen-bond acceptors (Lipinski definition) is 6. The van der Waals surface area contributed by atoms with Crippen LogP contribution in [-0.2, 0) is 0 Å². The van der Waals surface area contributed by atoms with Crippen LogP contribution >= 0.6 is 12.4 Å². The number of hydrogen-bond donors (Lipinski definition) is 1. The third-order valence-electron chi connectivity index (χ3n) is 6.10. The molecule has 9 heteroatoms. The van der Waals surface area contributed by atoms with Crippen LogP contribution in [0.2, 0.25) is 0 Å². The minimum atomic E-state index is -0.0527. The molecule has 30 heavy (non-hydrogen) atoms. The molecule has 1 aromatic carbocycles. The summed E-state index contributed by atoms with van der Waals surface area (Å²) in [6, 6.07) is 6.05. The van der Waals surface area contributed by atoms with Crippen molar-refractivity contribution < 1.29 is 14.3 Å². The summed E-state index contributed by atoms with van der Waals surface area (Å²) < 4.78 is 12.8. The predicted molar refractivity (Wildman–Crippen MR) is 116 cm³/mol. The zero-order valence-corrected chi connectivity index (χ0v) is 18.6. The third kappa shape index (κ3) is 4.11. The zero-order valence-electron chi connectivity index (χ0n) is 17.8. The molecule has 0 radical (unpaired) electrons. The van der Waals surface area contributed by atoms with E-state index in [4.69, 9.17) is 9.47 Å². The SMILES string of the molecule is COc1ccc(C2CCCN2C(=O)c2nnn(C3CCNCC3)c2C)c(OC)c1.Cl. The molecule has 2 aromatic rings. The van der Waals surface area contributed by atoms with E-state index in [9.17, 15) is 4.79 Å². The lowest BCUT2D eigenvalue weighted by Gasteiger charge is -2.26. The van der Waals surface area contributed by atoms with Gasteiger partial charge in [0.2, 0.25) is 0 Å². The van der Waals surface area contributed by atoms with Gasteiger partial charge in [0.1, 0.15) is 11.5 Å². The molecule has 3 heterocycles. The summed E-state index contributed by atoms with van der Waals surface area (Å²) in [6.07, 6.45) is 3.86. The molecule has 2 aliphatic heterocycles. The summed E-state index contributed by atoms with van der Waals surface area (Å²) in [6.45, 7) is 4.60. The first kappa shape index (κ1) is 22.4. The van der Waals surface area contributed by atoms with E-state index in [1.165, 1.54) is 0 Å². The average Bonchev–Trinajstić information content (AvgIpc) is 3.40. The average molecular weight is 436 g/mol. The Hall–Kier alpha value is -2.32. The lowest BCUT2D eigenvalue weighted by molar-refractivity contribution is 0.0727. The van der Waals surface area contributed by atoms with Gasteiger partial charge in [-0.25, -0.2) is 4.68 Å². The molecule has 1 amide bonds. The largest absolute Gasteiger partial charge is 0.497 e. The van der Waals surface area contributed by atoms with Gasteiger partial charge in [-0.3, -0.25) is 4.79 Å². The highest BCUT2D eigenvalue weighted by Gasteiger charge is 2.35. The summed E-state index contributed by atoms with van der Waals surface area (Å²) >= 11 is 0. The van der Waals surface area contributed by atoms with E-state index >= 15 is 0 Å². The Morgan fingerprint density at radius 2 is 1.93 bits per heavy atom. The summed E-state index contributed by atoms with van der Waals surface area (Å²) in [5, 5.41) is 12.0.